The van der Waals surface area contributed by atoms with Crippen LogP contribution in [0.15, 0.2) is 38.6 Å². The van der Waals surface area contributed by atoms with Crippen LogP contribution in [-0.4, -0.2) is 23.5 Å². The number of nitrogens with zero attached hydrogens (tertiary/aromatic N) is 1. The van der Waals surface area contributed by atoms with E-state index in [9.17, 15) is 9.59 Å². The lowest BCUT2D eigenvalue weighted by atomic mass is 10.2. The highest BCUT2D eigenvalue weighted by atomic mass is 79.9. The van der Waals surface area contributed by atoms with Crippen LogP contribution in [0.4, 0.5) is 5.69 Å². The highest BCUT2D eigenvalue weighted by Crippen LogP contribution is 2.33. The third-order valence-corrected chi connectivity index (χ3v) is 6.03. The van der Waals surface area contributed by atoms with Gasteiger partial charge in [-0.15, -0.1) is 11.3 Å². The van der Waals surface area contributed by atoms with Gasteiger partial charge in [0.2, 0.25) is 0 Å². The molecule has 0 aliphatic rings. The van der Waals surface area contributed by atoms with E-state index < -0.39 is 12.5 Å². The van der Waals surface area contributed by atoms with E-state index in [0.717, 1.165) is 8.26 Å². The summed E-state index contributed by atoms with van der Waals surface area (Å²) in [6, 6.07) is 8.10. The molecule has 0 unspecified atom stereocenters. The number of benzene rings is 1. The summed E-state index contributed by atoms with van der Waals surface area (Å²) in [6.45, 7) is -0.423. The molecule has 0 saturated carbocycles. The van der Waals surface area contributed by atoms with E-state index in [-0.39, 0.29) is 5.91 Å². The maximum atomic E-state index is 12.5. The highest BCUT2D eigenvalue weighted by Gasteiger charge is 2.22. The first-order valence-electron chi connectivity index (χ1n) is 5.62. The van der Waals surface area contributed by atoms with Crippen LogP contribution in [0.1, 0.15) is 9.67 Å². The fourth-order valence-electron chi connectivity index (χ4n) is 1.62. The first-order valence-corrected chi connectivity index (χ1v) is 8.40. The number of carboxylic acid groups (broad SMARTS) is 1. The Morgan fingerprint density at radius 2 is 1.86 bits per heavy atom. The van der Waals surface area contributed by atoms with Crippen molar-refractivity contribution in [1.82, 2.24) is 0 Å². The van der Waals surface area contributed by atoms with Crippen LogP contribution < -0.4 is 4.90 Å². The zero-order chi connectivity index (χ0) is 15.6. The largest absolute Gasteiger partial charge is 0.480 e. The Labute approximate surface area is 146 Å². The third-order valence-electron chi connectivity index (χ3n) is 2.53. The lowest BCUT2D eigenvalue weighted by Crippen LogP contribution is -2.35. The Morgan fingerprint density at radius 3 is 2.33 bits per heavy atom. The lowest BCUT2D eigenvalue weighted by Gasteiger charge is -2.20. The van der Waals surface area contributed by atoms with E-state index in [2.05, 4.69) is 31.9 Å². The van der Waals surface area contributed by atoms with Crippen LogP contribution in [0.3, 0.4) is 0 Å². The van der Waals surface area contributed by atoms with E-state index in [1.54, 1.807) is 30.3 Å². The number of hydrogen-bond acceptors (Lipinski definition) is 3. The molecule has 1 aromatic heterocycles. The first kappa shape index (κ1) is 16.5. The molecule has 2 rings (SSSR count). The normalized spacial score (nSPS) is 10.4. The fraction of sp³-hybridized carbons (Fsp3) is 0.0769. The zero-order valence-electron chi connectivity index (χ0n) is 10.3. The molecule has 1 amide bonds. The maximum Gasteiger partial charge on any atom is 0.323 e. The Morgan fingerprint density at radius 1 is 1.24 bits per heavy atom. The van der Waals surface area contributed by atoms with Crippen LogP contribution in [0.5, 0.6) is 0 Å². The van der Waals surface area contributed by atoms with Crippen molar-refractivity contribution in [3.05, 3.63) is 48.5 Å². The Hall–Kier alpha value is -0.890. The minimum Gasteiger partial charge on any atom is -0.480 e. The zero-order valence-corrected chi connectivity index (χ0v) is 15.1. The van der Waals surface area contributed by atoms with Gasteiger partial charge in [-0.2, -0.15) is 0 Å². The minimum absolute atomic E-state index is 0.379. The molecule has 1 heterocycles. The number of rotatable bonds is 4. The molecule has 0 atom stereocenters. The van der Waals surface area contributed by atoms with Crippen molar-refractivity contribution in [3.63, 3.8) is 0 Å². The highest BCUT2D eigenvalue weighted by molar-refractivity contribution is 9.13. The molecule has 2 aromatic rings. The predicted octanol–water partition coefficient (Wildman–Crippen LogP) is 4.66. The Balaban J connectivity index is 2.37. The van der Waals surface area contributed by atoms with E-state index >= 15 is 0 Å². The van der Waals surface area contributed by atoms with Gasteiger partial charge in [0.1, 0.15) is 6.54 Å². The van der Waals surface area contributed by atoms with Crippen molar-refractivity contribution in [2.75, 3.05) is 11.4 Å². The molecule has 0 fully saturated rings. The second-order valence-electron chi connectivity index (χ2n) is 3.99. The van der Waals surface area contributed by atoms with Crippen LogP contribution >= 0.6 is 54.8 Å². The van der Waals surface area contributed by atoms with E-state index in [4.69, 9.17) is 16.7 Å². The van der Waals surface area contributed by atoms with Crippen molar-refractivity contribution in [3.8, 4) is 0 Å². The second-order valence-corrected chi connectivity index (χ2v) is 7.65. The summed E-state index contributed by atoms with van der Waals surface area (Å²) in [5.74, 6) is -1.47. The van der Waals surface area contributed by atoms with Gasteiger partial charge in [-0.05, 0) is 62.2 Å². The van der Waals surface area contributed by atoms with Gasteiger partial charge in [0.25, 0.3) is 5.91 Å². The summed E-state index contributed by atoms with van der Waals surface area (Å²) < 4.78 is 1.53. The molecule has 0 aliphatic heterocycles. The third kappa shape index (κ3) is 4.06. The molecule has 0 aliphatic carbocycles. The summed E-state index contributed by atoms with van der Waals surface area (Å²) in [7, 11) is 0. The number of carbonyl (C=O) groups excluding carboxylic acids is 1. The van der Waals surface area contributed by atoms with Gasteiger partial charge in [-0.3, -0.25) is 14.5 Å². The molecule has 0 radical (unpaired) electrons. The average molecular weight is 454 g/mol. The van der Waals surface area contributed by atoms with Gasteiger partial charge in [-0.1, -0.05) is 11.6 Å². The molecule has 0 bridgehead atoms. The standard InChI is InChI=1S/C13H8Br2ClNO3S/c14-9-5-10(21-12(9)15)13(20)17(6-11(18)19)8-3-1-7(16)2-4-8/h1-5H,6H2,(H,18,19). The Bertz CT molecular complexity index is 668. The van der Waals surface area contributed by atoms with Crippen molar-refractivity contribution in [2.45, 2.75) is 0 Å². The molecule has 1 aromatic carbocycles. The fourth-order valence-corrected chi connectivity index (χ4v) is 3.73. The molecular weight excluding hydrogens is 445 g/mol. The van der Waals surface area contributed by atoms with E-state index in [0.29, 0.717) is 15.6 Å². The predicted molar refractivity (Wildman–Crippen MR) is 90.5 cm³/mol. The van der Waals surface area contributed by atoms with Crippen LogP contribution in [0, 0.1) is 0 Å². The van der Waals surface area contributed by atoms with E-state index in [1.165, 1.54) is 16.2 Å². The molecular formula is C13H8Br2ClNO3S. The number of amides is 1. The minimum atomic E-state index is -1.09. The molecule has 110 valence electrons. The monoisotopic (exact) mass is 451 g/mol. The number of carbonyl (C=O) groups is 2. The van der Waals surface area contributed by atoms with Gasteiger partial charge >= 0.3 is 5.97 Å². The van der Waals surface area contributed by atoms with Crippen LogP contribution in [0.2, 0.25) is 5.02 Å². The summed E-state index contributed by atoms with van der Waals surface area (Å²) in [5.41, 5.74) is 0.479. The number of carboxylic acids is 1. The van der Waals surface area contributed by atoms with Crippen molar-refractivity contribution in [1.29, 1.82) is 0 Å². The van der Waals surface area contributed by atoms with Gasteiger partial charge in [-0.25, -0.2) is 0 Å². The first-order chi connectivity index (χ1) is 9.88. The molecule has 21 heavy (non-hydrogen) atoms. The smallest absolute Gasteiger partial charge is 0.323 e. The molecule has 0 spiro atoms. The molecule has 0 saturated heterocycles. The van der Waals surface area contributed by atoms with Crippen LogP contribution in [-0.2, 0) is 4.79 Å². The Kier molecular flexibility index (Phi) is 5.43. The summed E-state index contributed by atoms with van der Waals surface area (Å²) in [4.78, 5) is 25.2. The number of aliphatic carboxylic acids is 1. The SMILES string of the molecule is O=C(O)CN(C(=O)c1cc(Br)c(Br)s1)c1ccc(Cl)cc1. The molecule has 1 N–H and O–H groups in total. The summed E-state index contributed by atoms with van der Waals surface area (Å²) in [5, 5.41) is 9.54. The quantitative estimate of drug-likeness (QED) is 0.733. The van der Waals surface area contributed by atoms with Gasteiger partial charge < -0.3 is 5.11 Å². The van der Waals surface area contributed by atoms with Gasteiger partial charge in [0, 0.05) is 15.2 Å². The van der Waals surface area contributed by atoms with Crippen LogP contribution in [0.25, 0.3) is 0 Å². The van der Waals surface area contributed by atoms with E-state index in [1.807, 2.05) is 0 Å². The molecule has 8 heteroatoms. The average Bonchev–Trinajstić information content (AvgIpc) is 2.76. The number of hydrogen-bond donors (Lipinski definition) is 1. The van der Waals surface area contributed by atoms with Crippen molar-refractivity contribution < 1.29 is 14.7 Å². The number of thiophene rings is 1. The van der Waals surface area contributed by atoms with Gasteiger partial charge in [0.05, 0.1) is 8.66 Å². The topological polar surface area (TPSA) is 57.6 Å². The number of halogens is 3. The summed E-state index contributed by atoms with van der Waals surface area (Å²) in [6.07, 6.45) is 0. The van der Waals surface area contributed by atoms with Crippen molar-refractivity contribution in [2.24, 2.45) is 0 Å². The number of anilines is 1. The summed E-state index contributed by atoms with van der Waals surface area (Å²) >= 11 is 13.7. The second kappa shape index (κ2) is 6.91. The van der Waals surface area contributed by atoms with Crippen molar-refractivity contribution >= 4 is 72.4 Å². The molecule has 4 nitrogen and oxygen atoms in total. The van der Waals surface area contributed by atoms with Gasteiger partial charge in [0.15, 0.2) is 0 Å². The maximum absolute atomic E-state index is 12.5. The lowest BCUT2D eigenvalue weighted by molar-refractivity contribution is -0.135.